The van der Waals surface area contributed by atoms with Gasteiger partial charge in [0.1, 0.15) is 11.6 Å². The normalized spacial score (nSPS) is 11.3. The van der Waals surface area contributed by atoms with Crippen molar-refractivity contribution in [3.63, 3.8) is 0 Å². The SMILES string of the molecule is COc1ccc(F)c(C(=O)C(C)(C)C)c1. The number of ketones is 1. The number of rotatable bonds is 2. The van der Waals surface area contributed by atoms with Crippen molar-refractivity contribution < 1.29 is 13.9 Å². The molecule has 1 aromatic rings. The lowest BCUT2D eigenvalue weighted by atomic mass is 9.86. The number of ether oxygens (including phenoxy) is 1. The molecule has 0 atom stereocenters. The van der Waals surface area contributed by atoms with E-state index in [9.17, 15) is 9.18 Å². The van der Waals surface area contributed by atoms with Gasteiger partial charge in [-0.15, -0.1) is 0 Å². The second kappa shape index (κ2) is 4.01. The summed E-state index contributed by atoms with van der Waals surface area (Å²) in [6.07, 6.45) is 0. The Kier molecular flexibility index (Phi) is 3.12. The molecule has 15 heavy (non-hydrogen) atoms. The summed E-state index contributed by atoms with van der Waals surface area (Å²) in [6.45, 7) is 5.27. The summed E-state index contributed by atoms with van der Waals surface area (Å²) >= 11 is 0. The fourth-order valence-electron chi connectivity index (χ4n) is 1.21. The van der Waals surface area contributed by atoms with Gasteiger partial charge in [-0.2, -0.15) is 0 Å². The third-order valence-corrected chi connectivity index (χ3v) is 2.10. The molecule has 1 rings (SSSR count). The van der Waals surface area contributed by atoms with Gasteiger partial charge in [0, 0.05) is 5.41 Å². The number of carbonyl (C=O) groups excluding carboxylic acids is 1. The molecule has 0 N–H and O–H groups in total. The van der Waals surface area contributed by atoms with E-state index in [4.69, 9.17) is 4.74 Å². The molecule has 0 fully saturated rings. The first-order chi connectivity index (χ1) is 6.86. The lowest BCUT2D eigenvalue weighted by Gasteiger charge is -2.17. The summed E-state index contributed by atoms with van der Waals surface area (Å²) in [5, 5.41) is 0. The molecular formula is C12H15FO2. The van der Waals surface area contributed by atoms with Crippen LogP contribution >= 0.6 is 0 Å². The van der Waals surface area contributed by atoms with Crippen LogP contribution < -0.4 is 4.74 Å². The van der Waals surface area contributed by atoms with Crippen molar-refractivity contribution in [3.05, 3.63) is 29.6 Å². The molecule has 0 aliphatic carbocycles. The molecule has 0 saturated heterocycles. The highest BCUT2D eigenvalue weighted by Gasteiger charge is 2.25. The van der Waals surface area contributed by atoms with Crippen LogP contribution in [0.5, 0.6) is 5.75 Å². The first-order valence-electron chi connectivity index (χ1n) is 4.74. The van der Waals surface area contributed by atoms with Gasteiger partial charge in [-0.1, -0.05) is 20.8 Å². The van der Waals surface area contributed by atoms with E-state index in [1.807, 2.05) is 0 Å². The highest BCUT2D eigenvalue weighted by Crippen LogP contribution is 2.25. The molecule has 0 spiro atoms. The van der Waals surface area contributed by atoms with E-state index in [-0.39, 0.29) is 11.3 Å². The first-order valence-corrected chi connectivity index (χ1v) is 4.74. The Morgan fingerprint density at radius 2 is 1.93 bits per heavy atom. The zero-order chi connectivity index (χ0) is 11.6. The van der Waals surface area contributed by atoms with Crippen molar-refractivity contribution in [1.29, 1.82) is 0 Å². The lowest BCUT2D eigenvalue weighted by Crippen LogP contribution is -2.21. The first kappa shape index (κ1) is 11.7. The third-order valence-electron chi connectivity index (χ3n) is 2.10. The minimum Gasteiger partial charge on any atom is -0.497 e. The molecule has 0 unspecified atom stereocenters. The second-order valence-electron chi connectivity index (χ2n) is 4.42. The van der Waals surface area contributed by atoms with E-state index in [0.29, 0.717) is 5.75 Å². The molecule has 82 valence electrons. The Balaban J connectivity index is 3.19. The molecule has 0 amide bonds. The van der Waals surface area contributed by atoms with Gasteiger partial charge >= 0.3 is 0 Å². The Labute approximate surface area is 89.1 Å². The number of methoxy groups -OCH3 is 1. The fourth-order valence-corrected chi connectivity index (χ4v) is 1.21. The van der Waals surface area contributed by atoms with Crippen molar-refractivity contribution in [2.75, 3.05) is 7.11 Å². The Morgan fingerprint density at radius 1 is 1.33 bits per heavy atom. The van der Waals surface area contributed by atoms with Crippen LogP contribution in [0.2, 0.25) is 0 Å². The van der Waals surface area contributed by atoms with Crippen LogP contribution in [0.25, 0.3) is 0 Å². The van der Waals surface area contributed by atoms with Crippen LogP contribution in [0.1, 0.15) is 31.1 Å². The van der Waals surface area contributed by atoms with Crippen molar-refractivity contribution in [1.82, 2.24) is 0 Å². The minimum absolute atomic E-state index is 0.0850. The van der Waals surface area contributed by atoms with Crippen LogP contribution in [-0.4, -0.2) is 12.9 Å². The minimum atomic E-state index is -0.590. The van der Waals surface area contributed by atoms with Gasteiger partial charge in [0.15, 0.2) is 5.78 Å². The number of Topliss-reactive ketones (excluding diaryl/α,β-unsaturated/α-hetero) is 1. The van der Waals surface area contributed by atoms with Gasteiger partial charge in [-0.05, 0) is 18.2 Å². The van der Waals surface area contributed by atoms with Gasteiger partial charge in [0.2, 0.25) is 0 Å². The van der Waals surface area contributed by atoms with Gasteiger partial charge in [0.25, 0.3) is 0 Å². The topological polar surface area (TPSA) is 26.3 Å². The number of halogens is 1. The zero-order valence-corrected chi connectivity index (χ0v) is 9.43. The lowest BCUT2D eigenvalue weighted by molar-refractivity contribution is 0.0853. The number of hydrogen-bond donors (Lipinski definition) is 0. The summed E-state index contributed by atoms with van der Waals surface area (Å²) < 4.78 is 18.4. The van der Waals surface area contributed by atoms with Crippen LogP contribution in [0, 0.1) is 11.2 Å². The predicted octanol–water partition coefficient (Wildman–Crippen LogP) is 3.06. The Morgan fingerprint density at radius 3 is 2.40 bits per heavy atom. The number of carbonyl (C=O) groups is 1. The van der Waals surface area contributed by atoms with Gasteiger partial charge < -0.3 is 4.74 Å². The Bertz CT molecular complexity index is 378. The highest BCUT2D eigenvalue weighted by molar-refractivity contribution is 6.00. The monoisotopic (exact) mass is 210 g/mol. The molecule has 3 heteroatoms. The van der Waals surface area contributed by atoms with E-state index in [1.165, 1.54) is 25.3 Å². The maximum absolute atomic E-state index is 13.4. The fraction of sp³-hybridized carbons (Fsp3) is 0.417. The summed E-state index contributed by atoms with van der Waals surface area (Å²) in [5.74, 6) is -0.237. The average Bonchev–Trinajstić information content (AvgIpc) is 2.16. The smallest absolute Gasteiger partial charge is 0.171 e. The van der Waals surface area contributed by atoms with Crippen LogP contribution in [-0.2, 0) is 0 Å². The quantitative estimate of drug-likeness (QED) is 0.701. The largest absolute Gasteiger partial charge is 0.497 e. The number of hydrogen-bond acceptors (Lipinski definition) is 2. The van der Waals surface area contributed by atoms with Crippen molar-refractivity contribution >= 4 is 5.78 Å². The molecule has 0 radical (unpaired) electrons. The van der Waals surface area contributed by atoms with Gasteiger partial charge in [0.05, 0.1) is 12.7 Å². The summed E-state index contributed by atoms with van der Waals surface area (Å²) in [7, 11) is 1.48. The van der Waals surface area contributed by atoms with E-state index in [2.05, 4.69) is 0 Å². The van der Waals surface area contributed by atoms with Gasteiger partial charge in [-0.25, -0.2) is 4.39 Å². The third kappa shape index (κ3) is 2.55. The second-order valence-corrected chi connectivity index (χ2v) is 4.42. The van der Waals surface area contributed by atoms with E-state index >= 15 is 0 Å². The summed E-state index contributed by atoms with van der Waals surface area (Å²) in [5.41, 5.74) is -0.505. The molecule has 0 heterocycles. The standard InChI is InChI=1S/C12H15FO2/c1-12(2,3)11(14)9-7-8(15-4)5-6-10(9)13/h5-7H,1-4H3. The van der Waals surface area contributed by atoms with Crippen LogP contribution in [0.15, 0.2) is 18.2 Å². The van der Waals surface area contributed by atoms with E-state index < -0.39 is 11.2 Å². The molecule has 0 aromatic heterocycles. The molecule has 1 aromatic carbocycles. The summed E-state index contributed by atoms with van der Waals surface area (Å²) in [4.78, 5) is 11.9. The van der Waals surface area contributed by atoms with Crippen molar-refractivity contribution in [3.8, 4) is 5.75 Å². The molecule has 0 aliphatic heterocycles. The van der Waals surface area contributed by atoms with E-state index in [0.717, 1.165) is 0 Å². The van der Waals surface area contributed by atoms with Crippen LogP contribution in [0.3, 0.4) is 0 Å². The zero-order valence-electron chi connectivity index (χ0n) is 9.43. The van der Waals surface area contributed by atoms with Gasteiger partial charge in [-0.3, -0.25) is 4.79 Å². The highest BCUT2D eigenvalue weighted by atomic mass is 19.1. The maximum atomic E-state index is 13.4. The maximum Gasteiger partial charge on any atom is 0.171 e. The molecule has 0 aliphatic rings. The Hall–Kier alpha value is -1.38. The summed E-state index contributed by atoms with van der Waals surface area (Å²) in [6, 6.07) is 4.18. The number of benzene rings is 1. The molecule has 2 nitrogen and oxygen atoms in total. The molecule has 0 saturated carbocycles. The van der Waals surface area contributed by atoms with Crippen molar-refractivity contribution in [2.24, 2.45) is 5.41 Å². The molecular weight excluding hydrogens is 195 g/mol. The predicted molar refractivity (Wildman–Crippen MR) is 56.7 cm³/mol. The van der Waals surface area contributed by atoms with E-state index in [1.54, 1.807) is 20.8 Å². The average molecular weight is 210 g/mol. The molecule has 0 bridgehead atoms. The van der Waals surface area contributed by atoms with Crippen molar-refractivity contribution in [2.45, 2.75) is 20.8 Å². The van der Waals surface area contributed by atoms with Crippen LogP contribution in [0.4, 0.5) is 4.39 Å².